The first-order chi connectivity index (χ1) is 7.13. The highest BCUT2D eigenvalue weighted by molar-refractivity contribution is 5.75. The van der Waals surface area contributed by atoms with Gasteiger partial charge in [-0.25, -0.2) is 0 Å². The van der Waals surface area contributed by atoms with Crippen LogP contribution in [0, 0.1) is 5.92 Å². The fraction of sp³-hybridized carbons (Fsp3) is 0.909. The van der Waals surface area contributed by atoms with E-state index in [4.69, 9.17) is 5.73 Å². The smallest absolute Gasteiger partial charge is 0.221 e. The van der Waals surface area contributed by atoms with E-state index in [1.807, 2.05) is 6.92 Å². The molecule has 1 aliphatic heterocycles. The third kappa shape index (κ3) is 4.18. The van der Waals surface area contributed by atoms with Gasteiger partial charge >= 0.3 is 0 Å². The van der Waals surface area contributed by atoms with Crippen LogP contribution in [-0.4, -0.2) is 43.0 Å². The fourth-order valence-electron chi connectivity index (χ4n) is 1.92. The molecule has 1 saturated heterocycles. The molecule has 2 unspecified atom stereocenters. The van der Waals surface area contributed by atoms with Crippen LogP contribution in [0.3, 0.4) is 0 Å². The van der Waals surface area contributed by atoms with E-state index in [-0.39, 0.29) is 11.9 Å². The minimum atomic E-state index is 0.143. The molecule has 0 saturated carbocycles. The first kappa shape index (κ1) is 12.5. The molecule has 4 nitrogen and oxygen atoms in total. The van der Waals surface area contributed by atoms with E-state index >= 15 is 0 Å². The molecule has 0 aromatic rings. The predicted molar refractivity (Wildman–Crippen MR) is 61.5 cm³/mol. The SMILES string of the molecule is CCNC(=O)CCN1CCC(C)C(N)C1. The summed E-state index contributed by atoms with van der Waals surface area (Å²) in [4.78, 5) is 13.6. The Morgan fingerprint density at radius 2 is 2.33 bits per heavy atom. The number of nitrogens with one attached hydrogen (secondary N) is 1. The molecule has 1 heterocycles. The van der Waals surface area contributed by atoms with E-state index in [2.05, 4.69) is 17.1 Å². The molecule has 4 heteroatoms. The lowest BCUT2D eigenvalue weighted by atomic mass is 9.94. The van der Waals surface area contributed by atoms with Crippen LogP contribution in [0.2, 0.25) is 0 Å². The van der Waals surface area contributed by atoms with E-state index in [0.29, 0.717) is 12.3 Å². The van der Waals surface area contributed by atoms with Gasteiger partial charge in [-0.1, -0.05) is 6.92 Å². The van der Waals surface area contributed by atoms with E-state index < -0.39 is 0 Å². The lowest BCUT2D eigenvalue weighted by Crippen LogP contribution is -2.48. The van der Waals surface area contributed by atoms with Crippen molar-refractivity contribution in [2.75, 3.05) is 26.2 Å². The van der Waals surface area contributed by atoms with E-state index in [9.17, 15) is 4.79 Å². The molecule has 0 aliphatic carbocycles. The third-order valence-corrected chi connectivity index (χ3v) is 3.13. The van der Waals surface area contributed by atoms with Crippen LogP contribution in [0.15, 0.2) is 0 Å². The zero-order valence-electron chi connectivity index (χ0n) is 9.83. The minimum Gasteiger partial charge on any atom is -0.356 e. The van der Waals surface area contributed by atoms with Crippen LogP contribution >= 0.6 is 0 Å². The molecule has 2 atom stereocenters. The van der Waals surface area contributed by atoms with Crippen molar-refractivity contribution in [3.05, 3.63) is 0 Å². The standard InChI is InChI=1S/C11H23N3O/c1-3-13-11(15)5-7-14-6-4-9(2)10(12)8-14/h9-10H,3-8,12H2,1-2H3,(H,13,15). The number of carbonyl (C=O) groups is 1. The van der Waals surface area contributed by atoms with Gasteiger partial charge in [-0.3, -0.25) is 4.79 Å². The van der Waals surface area contributed by atoms with Gasteiger partial charge in [0, 0.05) is 32.1 Å². The summed E-state index contributed by atoms with van der Waals surface area (Å²) in [5.41, 5.74) is 5.99. The molecule has 1 fully saturated rings. The number of hydrogen-bond donors (Lipinski definition) is 2. The molecule has 88 valence electrons. The highest BCUT2D eigenvalue weighted by Crippen LogP contribution is 2.15. The Morgan fingerprint density at radius 1 is 1.60 bits per heavy atom. The summed E-state index contributed by atoms with van der Waals surface area (Å²) in [5, 5.41) is 2.81. The van der Waals surface area contributed by atoms with Crippen molar-refractivity contribution in [3.8, 4) is 0 Å². The highest BCUT2D eigenvalue weighted by atomic mass is 16.1. The quantitative estimate of drug-likeness (QED) is 0.700. The highest BCUT2D eigenvalue weighted by Gasteiger charge is 2.22. The number of likely N-dealkylation sites (tertiary alicyclic amines) is 1. The Bertz CT molecular complexity index is 208. The fourth-order valence-corrected chi connectivity index (χ4v) is 1.92. The van der Waals surface area contributed by atoms with Crippen LogP contribution in [-0.2, 0) is 4.79 Å². The van der Waals surface area contributed by atoms with Crippen molar-refractivity contribution in [2.24, 2.45) is 11.7 Å². The third-order valence-electron chi connectivity index (χ3n) is 3.13. The van der Waals surface area contributed by atoms with Gasteiger partial charge in [-0.15, -0.1) is 0 Å². The molecule has 0 aromatic heterocycles. The van der Waals surface area contributed by atoms with Gasteiger partial charge in [-0.2, -0.15) is 0 Å². The molecule has 0 bridgehead atoms. The van der Waals surface area contributed by atoms with Gasteiger partial charge < -0.3 is 16.0 Å². The molecule has 1 amide bonds. The van der Waals surface area contributed by atoms with Gasteiger partial charge in [0.1, 0.15) is 0 Å². The van der Waals surface area contributed by atoms with Crippen molar-refractivity contribution < 1.29 is 4.79 Å². The largest absolute Gasteiger partial charge is 0.356 e. The zero-order valence-corrected chi connectivity index (χ0v) is 9.83. The summed E-state index contributed by atoms with van der Waals surface area (Å²) in [6, 6.07) is 0.271. The average molecular weight is 213 g/mol. The van der Waals surface area contributed by atoms with Crippen LogP contribution in [0.1, 0.15) is 26.7 Å². The normalized spacial score (nSPS) is 27.7. The summed E-state index contributed by atoms with van der Waals surface area (Å²) in [5.74, 6) is 0.760. The Hall–Kier alpha value is -0.610. The number of amides is 1. The lowest BCUT2D eigenvalue weighted by Gasteiger charge is -2.34. The Balaban J connectivity index is 2.19. The van der Waals surface area contributed by atoms with Crippen molar-refractivity contribution >= 4 is 5.91 Å². The number of carbonyl (C=O) groups excluding carboxylic acids is 1. The van der Waals surface area contributed by atoms with Crippen LogP contribution in [0.4, 0.5) is 0 Å². The molecule has 1 rings (SSSR count). The topological polar surface area (TPSA) is 58.4 Å². The lowest BCUT2D eigenvalue weighted by molar-refractivity contribution is -0.121. The van der Waals surface area contributed by atoms with Crippen LogP contribution in [0.5, 0.6) is 0 Å². The minimum absolute atomic E-state index is 0.143. The Morgan fingerprint density at radius 3 is 2.93 bits per heavy atom. The molecule has 1 aliphatic rings. The van der Waals surface area contributed by atoms with Crippen molar-refractivity contribution in [3.63, 3.8) is 0 Å². The molecule has 0 aromatic carbocycles. The van der Waals surface area contributed by atoms with E-state index in [0.717, 1.165) is 32.6 Å². The molecule has 0 spiro atoms. The van der Waals surface area contributed by atoms with E-state index in [1.165, 1.54) is 0 Å². The second kappa shape index (κ2) is 6.08. The maximum absolute atomic E-state index is 11.3. The maximum atomic E-state index is 11.3. The number of piperidine rings is 1. The van der Waals surface area contributed by atoms with Gasteiger partial charge in [0.2, 0.25) is 5.91 Å². The summed E-state index contributed by atoms with van der Waals surface area (Å²) < 4.78 is 0. The Kier molecular flexibility index (Phi) is 5.05. The van der Waals surface area contributed by atoms with Gasteiger partial charge in [0.05, 0.1) is 0 Å². The first-order valence-electron chi connectivity index (χ1n) is 5.88. The monoisotopic (exact) mass is 213 g/mol. The molecular formula is C11H23N3O. The van der Waals surface area contributed by atoms with Crippen molar-refractivity contribution in [2.45, 2.75) is 32.7 Å². The number of nitrogens with zero attached hydrogens (tertiary/aromatic N) is 1. The number of nitrogens with two attached hydrogens (primary N) is 1. The zero-order chi connectivity index (χ0) is 11.3. The average Bonchev–Trinajstić information content (AvgIpc) is 2.20. The summed E-state index contributed by atoms with van der Waals surface area (Å²) in [6.07, 6.45) is 1.74. The summed E-state index contributed by atoms with van der Waals surface area (Å²) in [6.45, 7) is 7.71. The second-order valence-electron chi connectivity index (χ2n) is 4.43. The maximum Gasteiger partial charge on any atom is 0.221 e. The van der Waals surface area contributed by atoms with E-state index in [1.54, 1.807) is 0 Å². The molecule has 15 heavy (non-hydrogen) atoms. The van der Waals surface area contributed by atoms with Gasteiger partial charge in [0.15, 0.2) is 0 Å². The molecular weight excluding hydrogens is 190 g/mol. The van der Waals surface area contributed by atoms with Crippen molar-refractivity contribution in [1.82, 2.24) is 10.2 Å². The Labute approximate surface area is 92.2 Å². The van der Waals surface area contributed by atoms with Crippen molar-refractivity contribution in [1.29, 1.82) is 0 Å². The second-order valence-corrected chi connectivity index (χ2v) is 4.43. The summed E-state index contributed by atoms with van der Waals surface area (Å²) in [7, 11) is 0. The number of hydrogen-bond acceptors (Lipinski definition) is 3. The molecule has 3 N–H and O–H groups in total. The molecule has 0 radical (unpaired) electrons. The van der Waals surface area contributed by atoms with Crippen LogP contribution in [0.25, 0.3) is 0 Å². The predicted octanol–water partition coefficient (Wildman–Crippen LogP) is 0.182. The van der Waals surface area contributed by atoms with Crippen LogP contribution < -0.4 is 11.1 Å². The van der Waals surface area contributed by atoms with Gasteiger partial charge in [0.25, 0.3) is 0 Å². The first-order valence-corrected chi connectivity index (χ1v) is 5.88. The summed E-state index contributed by atoms with van der Waals surface area (Å²) >= 11 is 0. The number of rotatable bonds is 4. The van der Waals surface area contributed by atoms with Gasteiger partial charge in [-0.05, 0) is 25.8 Å².